The molecule has 0 aliphatic heterocycles. The van der Waals surface area contributed by atoms with Crippen LogP contribution in [0.25, 0.3) is 11.1 Å². The van der Waals surface area contributed by atoms with Gasteiger partial charge in [-0.2, -0.15) is 0 Å². The number of nitrogens with one attached hydrogen (secondary N) is 1. The molecule has 0 heterocycles. The number of aliphatic carboxylic acids is 1. The van der Waals surface area contributed by atoms with Gasteiger partial charge in [-0.05, 0) is 47.3 Å². The largest absolute Gasteiger partial charge is 0.480 e. The van der Waals surface area contributed by atoms with Gasteiger partial charge in [0, 0.05) is 5.92 Å². The van der Waals surface area contributed by atoms with Gasteiger partial charge in [-0.1, -0.05) is 69.3 Å². The first-order valence-corrected chi connectivity index (χ1v) is 13.9. The van der Waals surface area contributed by atoms with Crippen LogP contribution >= 0.6 is 0 Å². The van der Waals surface area contributed by atoms with Crippen LogP contribution in [0.2, 0.25) is 18.1 Å². The fourth-order valence-electron chi connectivity index (χ4n) is 3.86. The molecule has 2 unspecified atom stereocenters. The standard InChI is InChI=1S/C25H33NO5Si/c1-16(31-32(5,6)25(2,3)4)22(23(27)28)26-24(29)30-15-21-19-13-9-7-11-17(19)18-12-8-10-14-20(18)21/h7-14,16,21-22H,15H2,1-6H3,(H,26,29)(H,27,28). The maximum atomic E-state index is 12.6. The third kappa shape index (κ3) is 4.89. The Morgan fingerprint density at radius 1 is 1.03 bits per heavy atom. The van der Waals surface area contributed by atoms with Gasteiger partial charge >= 0.3 is 12.1 Å². The van der Waals surface area contributed by atoms with Gasteiger partial charge < -0.3 is 19.6 Å². The molecule has 6 nitrogen and oxygen atoms in total. The second kappa shape index (κ2) is 9.08. The van der Waals surface area contributed by atoms with Crippen LogP contribution in [-0.2, 0) is 14.0 Å². The van der Waals surface area contributed by atoms with Gasteiger partial charge in [0.05, 0.1) is 6.10 Å². The maximum absolute atomic E-state index is 12.6. The molecular weight excluding hydrogens is 422 g/mol. The molecule has 1 aliphatic carbocycles. The van der Waals surface area contributed by atoms with E-state index in [1.54, 1.807) is 6.92 Å². The number of ether oxygens (including phenoxy) is 1. The van der Waals surface area contributed by atoms with Crippen LogP contribution in [0.4, 0.5) is 4.79 Å². The van der Waals surface area contributed by atoms with Crippen molar-refractivity contribution in [2.45, 2.75) is 63.9 Å². The Bertz CT molecular complexity index is 952. The second-order valence-electron chi connectivity index (χ2n) is 9.87. The smallest absolute Gasteiger partial charge is 0.407 e. The van der Waals surface area contributed by atoms with Crippen LogP contribution in [-0.4, -0.2) is 44.2 Å². The Kier molecular flexibility index (Phi) is 6.81. The quantitative estimate of drug-likeness (QED) is 0.547. The Labute approximate surface area is 191 Å². The van der Waals surface area contributed by atoms with Crippen LogP contribution in [0.5, 0.6) is 0 Å². The van der Waals surface area contributed by atoms with Crippen molar-refractivity contribution in [3.63, 3.8) is 0 Å². The van der Waals surface area contributed by atoms with Gasteiger partial charge in [0.25, 0.3) is 0 Å². The maximum Gasteiger partial charge on any atom is 0.407 e. The average molecular weight is 456 g/mol. The van der Waals surface area contributed by atoms with Gasteiger partial charge in [0.2, 0.25) is 0 Å². The highest BCUT2D eigenvalue weighted by atomic mass is 28.4. The summed E-state index contributed by atoms with van der Waals surface area (Å²) in [6.07, 6.45) is -1.45. The number of hydrogen-bond acceptors (Lipinski definition) is 4. The first-order valence-electron chi connectivity index (χ1n) is 10.9. The van der Waals surface area contributed by atoms with Crippen LogP contribution < -0.4 is 5.32 Å². The van der Waals surface area contributed by atoms with E-state index in [1.807, 2.05) is 36.4 Å². The topological polar surface area (TPSA) is 84.9 Å². The van der Waals surface area contributed by atoms with Crippen molar-refractivity contribution in [2.24, 2.45) is 0 Å². The number of amides is 1. The summed E-state index contributed by atoms with van der Waals surface area (Å²) in [4.78, 5) is 24.4. The number of hydrogen-bond donors (Lipinski definition) is 2. The third-order valence-corrected chi connectivity index (χ3v) is 11.2. The molecule has 2 N–H and O–H groups in total. The van der Waals surface area contributed by atoms with Crippen LogP contribution in [0.1, 0.15) is 44.7 Å². The first kappa shape index (κ1) is 24.0. The molecule has 2 aromatic carbocycles. The summed E-state index contributed by atoms with van der Waals surface area (Å²) in [7, 11) is -2.20. The molecule has 1 aliphatic rings. The molecule has 0 radical (unpaired) electrons. The molecule has 2 aromatic rings. The molecule has 0 fully saturated rings. The number of rotatable bonds is 7. The minimum atomic E-state index is -2.20. The molecule has 0 saturated carbocycles. The summed E-state index contributed by atoms with van der Waals surface area (Å²) in [6, 6.07) is 14.9. The molecule has 2 atom stereocenters. The summed E-state index contributed by atoms with van der Waals surface area (Å²) in [5, 5.41) is 12.1. The lowest BCUT2D eigenvalue weighted by Crippen LogP contribution is -2.54. The molecule has 32 heavy (non-hydrogen) atoms. The van der Waals surface area contributed by atoms with Crippen molar-refractivity contribution in [3.8, 4) is 11.1 Å². The predicted octanol–water partition coefficient (Wildman–Crippen LogP) is 5.39. The molecule has 0 bridgehead atoms. The molecule has 0 spiro atoms. The van der Waals surface area contributed by atoms with E-state index in [0.29, 0.717) is 0 Å². The fraction of sp³-hybridized carbons (Fsp3) is 0.440. The van der Waals surface area contributed by atoms with E-state index in [1.165, 1.54) is 0 Å². The lowest BCUT2D eigenvalue weighted by molar-refractivity contribution is -0.141. The van der Waals surface area contributed by atoms with Crippen molar-refractivity contribution in [1.82, 2.24) is 5.32 Å². The van der Waals surface area contributed by atoms with Crippen molar-refractivity contribution >= 4 is 20.4 Å². The molecule has 0 saturated heterocycles. The summed E-state index contributed by atoms with van der Waals surface area (Å²) < 4.78 is 11.7. The Morgan fingerprint density at radius 3 is 2.00 bits per heavy atom. The van der Waals surface area contributed by atoms with Gasteiger partial charge in [0.1, 0.15) is 6.61 Å². The minimum Gasteiger partial charge on any atom is -0.480 e. The van der Waals surface area contributed by atoms with Crippen molar-refractivity contribution in [2.75, 3.05) is 6.61 Å². The molecular formula is C25H33NO5Si. The second-order valence-corrected chi connectivity index (χ2v) is 14.6. The van der Waals surface area contributed by atoms with Gasteiger partial charge in [0.15, 0.2) is 14.4 Å². The van der Waals surface area contributed by atoms with Crippen molar-refractivity contribution in [3.05, 3.63) is 59.7 Å². The number of benzene rings is 2. The Morgan fingerprint density at radius 2 is 1.53 bits per heavy atom. The van der Waals surface area contributed by atoms with Crippen LogP contribution in [0.3, 0.4) is 0 Å². The summed E-state index contributed by atoms with van der Waals surface area (Å²) in [5.74, 6) is -1.23. The average Bonchev–Trinajstić information content (AvgIpc) is 3.03. The number of carbonyl (C=O) groups is 2. The number of carbonyl (C=O) groups excluding carboxylic acids is 1. The Balaban J connectivity index is 1.68. The highest BCUT2D eigenvalue weighted by Crippen LogP contribution is 2.44. The minimum absolute atomic E-state index is 0.0753. The van der Waals surface area contributed by atoms with E-state index in [2.05, 4.69) is 51.3 Å². The van der Waals surface area contributed by atoms with E-state index in [9.17, 15) is 14.7 Å². The number of carboxylic acids is 1. The summed E-state index contributed by atoms with van der Waals surface area (Å²) in [6.45, 7) is 12.2. The van der Waals surface area contributed by atoms with E-state index in [-0.39, 0.29) is 17.6 Å². The Hall–Kier alpha value is -2.64. The lowest BCUT2D eigenvalue weighted by Gasteiger charge is -2.39. The van der Waals surface area contributed by atoms with E-state index < -0.39 is 32.5 Å². The first-order chi connectivity index (χ1) is 14.9. The highest BCUT2D eigenvalue weighted by molar-refractivity contribution is 6.74. The third-order valence-electron chi connectivity index (χ3n) is 6.64. The zero-order valence-corrected chi connectivity index (χ0v) is 20.6. The van der Waals surface area contributed by atoms with Gasteiger partial charge in [-0.15, -0.1) is 0 Å². The van der Waals surface area contributed by atoms with Crippen LogP contribution in [0.15, 0.2) is 48.5 Å². The number of alkyl carbamates (subject to hydrolysis) is 1. The predicted molar refractivity (Wildman–Crippen MR) is 127 cm³/mol. The van der Waals surface area contributed by atoms with E-state index in [4.69, 9.17) is 9.16 Å². The highest BCUT2D eigenvalue weighted by Gasteiger charge is 2.41. The molecule has 7 heteroatoms. The van der Waals surface area contributed by atoms with Gasteiger partial charge in [-0.3, -0.25) is 0 Å². The number of carboxylic acid groups (broad SMARTS) is 1. The lowest BCUT2D eigenvalue weighted by atomic mass is 9.98. The van der Waals surface area contributed by atoms with E-state index in [0.717, 1.165) is 22.3 Å². The molecule has 0 aromatic heterocycles. The fourth-order valence-corrected chi connectivity index (χ4v) is 5.28. The zero-order valence-electron chi connectivity index (χ0n) is 19.6. The normalized spacial score (nSPS) is 15.4. The summed E-state index contributed by atoms with van der Waals surface area (Å²) >= 11 is 0. The SMILES string of the molecule is CC(O[Si](C)(C)C(C)(C)C)C(NC(=O)OCC1c2ccccc2-c2ccccc21)C(=O)O. The van der Waals surface area contributed by atoms with Gasteiger partial charge in [-0.25, -0.2) is 9.59 Å². The zero-order chi connectivity index (χ0) is 23.7. The summed E-state index contributed by atoms with van der Waals surface area (Å²) in [5.41, 5.74) is 4.48. The molecule has 3 rings (SSSR count). The molecule has 1 amide bonds. The van der Waals surface area contributed by atoms with Crippen molar-refractivity contribution in [1.29, 1.82) is 0 Å². The van der Waals surface area contributed by atoms with Crippen molar-refractivity contribution < 1.29 is 23.9 Å². The van der Waals surface area contributed by atoms with E-state index >= 15 is 0 Å². The number of fused-ring (bicyclic) bond motifs is 3. The monoisotopic (exact) mass is 455 g/mol. The van der Waals surface area contributed by atoms with Crippen LogP contribution in [0, 0.1) is 0 Å². The molecule has 172 valence electrons.